The van der Waals surface area contributed by atoms with Crippen LogP contribution < -0.4 is 5.32 Å². The Morgan fingerprint density at radius 2 is 2.44 bits per heavy atom. The lowest BCUT2D eigenvalue weighted by Gasteiger charge is -1.88. The smallest absolute Gasteiger partial charge is 0.232 e. The number of nitrogens with one attached hydrogen (secondary N) is 1. The minimum absolute atomic E-state index is 0.272. The van der Waals surface area contributed by atoms with Crippen LogP contribution in [0.15, 0.2) is 21.9 Å². The van der Waals surface area contributed by atoms with Crippen molar-refractivity contribution in [2.75, 3.05) is 12.4 Å². The fourth-order valence-corrected chi connectivity index (χ4v) is 1.81. The average molecular weight is 231 g/mol. The molecule has 2 heterocycles. The van der Waals surface area contributed by atoms with Crippen molar-refractivity contribution in [2.24, 2.45) is 0 Å². The zero-order valence-electron chi connectivity index (χ0n) is 8.60. The molecule has 4 nitrogen and oxygen atoms in total. The van der Waals surface area contributed by atoms with Crippen molar-refractivity contribution in [1.29, 1.82) is 5.26 Å². The Hall–Kier alpha value is -2.06. The van der Waals surface area contributed by atoms with Gasteiger partial charge in [-0.25, -0.2) is 0 Å². The molecule has 5 heteroatoms. The van der Waals surface area contributed by atoms with E-state index in [0.29, 0.717) is 11.8 Å². The van der Waals surface area contributed by atoms with Crippen LogP contribution in [0.5, 0.6) is 0 Å². The molecule has 0 aliphatic heterocycles. The van der Waals surface area contributed by atoms with Gasteiger partial charge in [0.25, 0.3) is 0 Å². The summed E-state index contributed by atoms with van der Waals surface area (Å²) >= 11 is 1.63. The van der Waals surface area contributed by atoms with E-state index >= 15 is 0 Å². The van der Waals surface area contributed by atoms with Crippen LogP contribution in [0.1, 0.15) is 16.5 Å². The predicted molar refractivity (Wildman–Crippen MR) is 64.0 cm³/mol. The summed E-state index contributed by atoms with van der Waals surface area (Å²) in [5.74, 6) is 0.822. The number of hydrogen-bond acceptors (Lipinski definition) is 5. The monoisotopic (exact) mass is 231 g/mol. The molecule has 0 saturated carbocycles. The summed E-state index contributed by atoms with van der Waals surface area (Å²) < 4.78 is 5.33. The van der Waals surface area contributed by atoms with Gasteiger partial charge in [-0.2, -0.15) is 10.2 Å². The van der Waals surface area contributed by atoms with Crippen LogP contribution in [0.25, 0.3) is 12.2 Å². The Morgan fingerprint density at radius 1 is 1.56 bits per heavy atom. The third-order valence-corrected chi connectivity index (χ3v) is 2.75. The number of hydrogen-bond donors (Lipinski definition) is 1. The number of nitriles is 1. The zero-order valence-corrected chi connectivity index (χ0v) is 9.41. The molecule has 16 heavy (non-hydrogen) atoms. The highest BCUT2D eigenvalue weighted by Gasteiger charge is 2.08. The maximum atomic E-state index is 8.78. The first kappa shape index (κ1) is 10.5. The zero-order chi connectivity index (χ0) is 11.4. The number of anilines is 1. The molecule has 0 fully saturated rings. The highest BCUT2D eigenvalue weighted by Crippen LogP contribution is 2.18. The molecule has 2 aromatic heterocycles. The largest absolute Gasteiger partial charge is 0.420 e. The van der Waals surface area contributed by atoms with Gasteiger partial charge in [0, 0.05) is 18.0 Å². The molecule has 0 aliphatic carbocycles. The van der Waals surface area contributed by atoms with E-state index in [1.807, 2.05) is 29.7 Å². The van der Waals surface area contributed by atoms with Gasteiger partial charge in [0.05, 0.1) is 0 Å². The highest BCUT2D eigenvalue weighted by atomic mass is 32.1. The molecule has 0 atom stereocenters. The van der Waals surface area contributed by atoms with E-state index in [9.17, 15) is 0 Å². The third-order valence-electron chi connectivity index (χ3n) is 1.91. The molecule has 0 bridgehead atoms. The molecule has 1 N–H and O–H groups in total. The van der Waals surface area contributed by atoms with Gasteiger partial charge in [0.2, 0.25) is 17.5 Å². The highest BCUT2D eigenvalue weighted by molar-refractivity contribution is 7.10. The molecule has 80 valence electrons. The summed E-state index contributed by atoms with van der Waals surface area (Å²) in [4.78, 5) is 5.14. The second kappa shape index (κ2) is 4.64. The van der Waals surface area contributed by atoms with Crippen molar-refractivity contribution < 1.29 is 4.42 Å². The van der Waals surface area contributed by atoms with E-state index in [4.69, 9.17) is 9.68 Å². The van der Waals surface area contributed by atoms with Crippen LogP contribution >= 0.6 is 11.3 Å². The van der Waals surface area contributed by atoms with Crippen molar-refractivity contribution in [2.45, 2.75) is 0 Å². The van der Waals surface area contributed by atoms with E-state index in [2.05, 4.69) is 10.3 Å². The van der Waals surface area contributed by atoms with Crippen LogP contribution in [0.3, 0.4) is 0 Å². The minimum atomic E-state index is 0.272. The topological polar surface area (TPSA) is 61.9 Å². The Kier molecular flexibility index (Phi) is 3.03. The average Bonchev–Trinajstić information content (AvgIpc) is 2.95. The van der Waals surface area contributed by atoms with Gasteiger partial charge in [-0.05, 0) is 17.5 Å². The van der Waals surface area contributed by atoms with Crippen LogP contribution in [-0.2, 0) is 0 Å². The molecular formula is C11H9N3OS. The molecule has 0 saturated heterocycles. The van der Waals surface area contributed by atoms with E-state index in [0.717, 1.165) is 4.88 Å². The van der Waals surface area contributed by atoms with Crippen molar-refractivity contribution in [3.8, 4) is 6.07 Å². The molecule has 0 spiro atoms. The lowest BCUT2D eigenvalue weighted by molar-refractivity contribution is 0.561. The van der Waals surface area contributed by atoms with Crippen molar-refractivity contribution in [3.05, 3.63) is 34.0 Å². The van der Waals surface area contributed by atoms with Gasteiger partial charge >= 0.3 is 0 Å². The molecule has 0 unspecified atom stereocenters. The Morgan fingerprint density at radius 3 is 3.00 bits per heavy atom. The first-order valence-corrected chi connectivity index (χ1v) is 5.51. The molecular weight excluding hydrogens is 222 g/mol. The number of nitrogens with zero attached hydrogens (tertiary/aromatic N) is 2. The van der Waals surface area contributed by atoms with Crippen LogP contribution in [0, 0.1) is 11.3 Å². The predicted octanol–water partition coefficient (Wildman–Crippen LogP) is 2.82. The number of oxazole rings is 1. The normalized spacial score (nSPS) is 10.5. The Balaban J connectivity index is 2.23. The summed E-state index contributed by atoms with van der Waals surface area (Å²) in [5, 5.41) is 13.6. The second-order valence-corrected chi connectivity index (χ2v) is 3.92. The summed E-state index contributed by atoms with van der Waals surface area (Å²) in [6.07, 6.45) is 3.64. The van der Waals surface area contributed by atoms with Gasteiger partial charge in [0.15, 0.2) is 0 Å². The van der Waals surface area contributed by atoms with E-state index in [-0.39, 0.29) is 5.69 Å². The quantitative estimate of drug-likeness (QED) is 0.882. The van der Waals surface area contributed by atoms with Crippen LogP contribution in [-0.4, -0.2) is 12.0 Å². The lowest BCUT2D eigenvalue weighted by atomic mass is 10.4. The van der Waals surface area contributed by atoms with E-state index in [1.54, 1.807) is 24.5 Å². The number of rotatable bonds is 3. The summed E-state index contributed by atoms with van der Waals surface area (Å²) in [6, 6.07) is 5.93. The maximum absolute atomic E-state index is 8.78. The van der Waals surface area contributed by atoms with Crippen LogP contribution in [0.2, 0.25) is 0 Å². The molecule has 2 aromatic rings. The van der Waals surface area contributed by atoms with Crippen molar-refractivity contribution >= 4 is 29.4 Å². The fourth-order valence-electron chi connectivity index (χ4n) is 1.19. The summed E-state index contributed by atoms with van der Waals surface area (Å²) in [7, 11) is 1.69. The van der Waals surface area contributed by atoms with Gasteiger partial charge in [0.1, 0.15) is 6.07 Å². The lowest BCUT2D eigenvalue weighted by Crippen LogP contribution is -1.87. The van der Waals surface area contributed by atoms with Gasteiger partial charge in [-0.3, -0.25) is 0 Å². The second-order valence-electron chi connectivity index (χ2n) is 2.94. The standard InChI is InChI=1S/C11H9N3OS/c1-13-11-9(7-12)14-10(15-11)5-4-8-3-2-6-16-8/h2-6,13H,1H3. The fraction of sp³-hybridized carbons (Fsp3) is 0.0909. The maximum Gasteiger partial charge on any atom is 0.232 e. The first-order valence-electron chi connectivity index (χ1n) is 4.63. The Labute approximate surface area is 96.9 Å². The minimum Gasteiger partial charge on any atom is -0.420 e. The van der Waals surface area contributed by atoms with Gasteiger partial charge in [-0.1, -0.05) is 6.07 Å². The molecule has 0 aromatic carbocycles. The molecule has 0 radical (unpaired) electrons. The molecule has 2 rings (SSSR count). The van der Waals surface area contributed by atoms with E-state index < -0.39 is 0 Å². The molecule has 0 aliphatic rings. The van der Waals surface area contributed by atoms with Crippen molar-refractivity contribution in [1.82, 2.24) is 4.98 Å². The summed E-state index contributed by atoms with van der Waals surface area (Å²) in [5.41, 5.74) is 0.272. The first-order chi connectivity index (χ1) is 7.83. The van der Waals surface area contributed by atoms with Crippen LogP contribution in [0.4, 0.5) is 5.88 Å². The van der Waals surface area contributed by atoms with Gasteiger partial charge in [-0.15, -0.1) is 11.3 Å². The van der Waals surface area contributed by atoms with E-state index in [1.165, 1.54) is 0 Å². The van der Waals surface area contributed by atoms with Crippen molar-refractivity contribution in [3.63, 3.8) is 0 Å². The SMILES string of the molecule is CNc1oc(C=Cc2cccs2)nc1C#N. The Bertz CT molecular complexity index is 534. The number of thiophene rings is 1. The number of aromatic nitrogens is 1. The molecule has 0 amide bonds. The van der Waals surface area contributed by atoms with Gasteiger partial charge < -0.3 is 9.73 Å². The summed E-state index contributed by atoms with van der Waals surface area (Å²) in [6.45, 7) is 0. The third kappa shape index (κ3) is 2.12.